The number of pyridine rings is 1. The highest BCUT2D eigenvalue weighted by atomic mass is 16.1. The lowest BCUT2D eigenvalue weighted by Crippen LogP contribution is -2.23. The average molecular weight is 280 g/mol. The van der Waals surface area contributed by atoms with Crippen LogP contribution in [0.3, 0.4) is 0 Å². The van der Waals surface area contributed by atoms with E-state index in [9.17, 15) is 4.79 Å². The molecule has 0 aliphatic rings. The number of para-hydroxylation sites is 2. The first-order chi connectivity index (χ1) is 10.3. The van der Waals surface area contributed by atoms with Crippen LogP contribution in [0.2, 0.25) is 0 Å². The molecule has 2 aromatic heterocycles. The Balaban J connectivity index is 1.51. The quantitative estimate of drug-likeness (QED) is 0.752. The summed E-state index contributed by atoms with van der Waals surface area (Å²) in [4.78, 5) is 23.4. The molecule has 0 radical (unpaired) electrons. The smallest absolute Gasteiger partial charge is 0.220 e. The summed E-state index contributed by atoms with van der Waals surface area (Å²) >= 11 is 0. The van der Waals surface area contributed by atoms with E-state index in [1.165, 1.54) is 0 Å². The standard InChI is InChI=1S/C16H16N4O/c21-16(6-5-12-7-9-17-10-8-12)18-11-15-19-13-3-1-2-4-14(13)20-15/h1-4,7-10H,5-6,11H2,(H,18,21)(H,19,20). The third-order valence-corrected chi connectivity index (χ3v) is 3.28. The van der Waals surface area contributed by atoms with Crippen molar-refractivity contribution in [1.82, 2.24) is 20.3 Å². The van der Waals surface area contributed by atoms with Gasteiger partial charge in [-0.25, -0.2) is 4.98 Å². The predicted octanol–water partition coefficient (Wildman–Crippen LogP) is 2.21. The van der Waals surface area contributed by atoms with Crippen LogP contribution in [0.15, 0.2) is 48.8 Å². The number of aromatic nitrogens is 3. The maximum atomic E-state index is 11.8. The van der Waals surface area contributed by atoms with Crippen molar-refractivity contribution in [3.63, 3.8) is 0 Å². The van der Waals surface area contributed by atoms with Crippen molar-refractivity contribution < 1.29 is 4.79 Å². The van der Waals surface area contributed by atoms with Gasteiger partial charge in [0.2, 0.25) is 5.91 Å². The van der Waals surface area contributed by atoms with Crippen molar-refractivity contribution in [2.24, 2.45) is 0 Å². The number of hydrogen-bond donors (Lipinski definition) is 2. The van der Waals surface area contributed by atoms with E-state index < -0.39 is 0 Å². The Hall–Kier alpha value is -2.69. The number of carbonyl (C=O) groups excluding carboxylic acids is 1. The molecular weight excluding hydrogens is 264 g/mol. The molecule has 0 spiro atoms. The van der Waals surface area contributed by atoms with Crippen LogP contribution >= 0.6 is 0 Å². The Morgan fingerprint density at radius 3 is 2.76 bits per heavy atom. The van der Waals surface area contributed by atoms with Crippen molar-refractivity contribution >= 4 is 16.9 Å². The van der Waals surface area contributed by atoms with Gasteiger partial charge in [0.05, 0.1) is 17.6 Å². The highest BCUT2D eigenvalue weighted by Crippen LogP contribution is 2.10. The number of H-pyrrole nitrogens is 1. The summed E-state index contributed by atoms with van der Waals surface area (Å²) in [6.07, 6.45) is 4.65. The highest BCUT2D eigenvalue weighted by Gasteiger charge is 2.05. The van der Waals surface area contributed by atoms with Crippen LogP contribution in [0.5, 0.6) is 0 Å². The number of benzene rings is 1. The molecule has 2 N–H and O–H groups in total. The molecule has 2 heterocycles. The normalized spacial score (nSPS) is 10.7. The molecule has 3 rings (SSSR count). The third-order valence-electron chi connectivity index (χ3n) is 3.28. The largest absolute Gasteiger partial charge is 0.349 e. The summed E-state index contributed by atoms with van der Waals surface area (Å²) in [5.74, 6) is 0.792. The van der Waals surface area contributed by atoms with E-state index in [1.54, 1.807) is 12.4 Å². The van der Waals surface area contributed by atoms with E-state index in [4.69, 9.17) is 0 Å². The molecule has 0 aliphatic heterocycles. The topological polar surface area (TPSA) is 70.7 Å². The lowest BCUT2D eigenvalue weighted by Gasteiger charge is -2.03. The second-order valence-electron chi connectivity index (χ2n) is 4.83. The maximum Gasteiger partial charge on any atom is 0.220 e. The van der Waals surface area contributed by atoms with Crippen LogP contribution in [-0.4, -0.2) is 20.9 Å². The van der Waals surface area contributed by atoms with E-state index in [1.807, 2.05) is 36.4 Å². The average Bonchev–Trinajstić information content (AvgIpc) is 2.95. The fourth-order valence-corrected chi connectivity index (χ4v) is 2.17. The summed E-state index contributed by atoms with van der Waals surface area (Å²) in [6.45, 7) is 0.420. The number of rotatable bonds is 5. The Bertz CT molecular complexity index is 703. The number of amides is 1. The number of hydrogen-bond acceptors (Lipinski definition) is 3. The molecule has 21 heavy (non-hydrogen) atoms. The number of carbonyl (C=O) groups is 1. The number of aryl methyl sites for hydroxylation is 1. The zero-order chi connectivity index (χ0) is 14.5. The van der Waals surface area contributed by atoms with Crippen LogP contribution in [0.4, 0.5) is 0 Å². The van der Waals surface area contributed by atoms with Crippen LogP contribution in [0.1, 0.15) is 17.8 Å². The van der Waals surface area contributed by atoms with Crippen molar-refractivity contribution in [3.8, 4) is 0 Å². The zero-order valence-corrected chi connectivity index (χ0v) is 11.5. The van der Waals surface area contributed by atoms with Crippen molar-refractivity contribution in [2.45, 2.75) is 19.4 Å². The summed E-state index contributed by atoms with van der Waals surface area (Å²) in [5, 5.41) is 2.88. The number of aromatic amines is 1. The molecule has 0 unspecified atom stereocenters. The van der Waals surface area contributed by atoms with Gasteiger partial charge in [-0.1, -0.05) is 12.1 Å². The maximum absolute atomic E-state index is 11.8. The van der Waals surface area contributed by atoms with E-state index in [0.717, 1.165) is 22.4 Å². The minimum Gasteiger partial charge on any atom is -0.349 e. The van der Waals surface area contributed by atoms with Gasteiger partial charge in [-0.3, -0.25) is 9.78 Å². The molecule has 106 valence electrons. The number of fused-ring (bicyclic) bond motifs is 1. The molecule has 0 fully saturated rings. The Morgan fingerprint density at radius 1 is 1.14 bits per heavy atom. The Labute approximate surface area is 122 Å². The Morgan fingerprint density at radius 2 is 1.95 bits per heavy atom. The number of nitrogens with one attached hydrogen (secondary N) is 2. The van der Waals surface area contributed by atoms with Crippen LogP contribution in [-0.2, 0) is 17.8 Å². The fraction of sp³-hybridized carbons (Fsp3) is 0.188. The monoisotopic (exact) mass is 280 g/mol. The number of nitrogens with zero attached hydrogens (tertiary/aromatic N) is 2. The van der Waals surface area contributed by atoms with Crippen molar-refractivity contribution in [1.29, 1.82) is 0 Å². The molecule has 0 aliphatic carbocycles. The van der Waals surface area contributed by atoms with Gasteiger partial charge < -0.3 is 10.3 Å². The Kier molecular flexibility index (Phi) is 3.91. The van der Waals surface area contributed by atoms with E-state index in [0.29, 0.717) is 19.4 Å². The molecule has 0 bridgehead atoms. The van der Waals surface area contributed by atoms with Gasteiger partial charge in [0.1, 0.15) is 5.82 Å². The van der Waals surface area contributed by atoms with Crippen molar-refractivity contribution in [3.05, 3.63) is 60.2 Å². The number of imidazole rings is 1. The fourth-order valence-electron chi connectivity index (χ4n) is 2.17. The van der Waals surface area contributed by atoms with Gasteiger partial charge >= 0.3 is 0 Å². The lowest BCUT2D eigenvalue weighted by molar-refractivity contribution is -0.121. The van der Waals surface area contributed by atoms with E-state index >= 15 is 0 Å². The van der Waals surface area contributed by atoms with Gasteiger partial charge in [0.25, 0.3) is 0 Å². The molecular formula is C16H16N4O. The molecule has 1 amide bonds. The van der Waals surface area contributed by atoms with Crippen molar-refractivity contribution in [2.75, 3.05) is 0 Å². The van der Waals surface area contributed by atoms with Gasteiger partial charge in [-0.15, -0.1) is 0 Å². The third kappa shape index (κ3) is 3.45. The van der Waals surface area contributed by atoms with Crippen LogP contribution in [0.25, 0.3) is 11.0 Å². The second kappa shape index (κ2) is 6.17. The van der Waals surface area contributed by atoms with E-state index in [-0.39, 0.29) is 5.91 Å². The van der Waals surface area contributed by atoms with Gasteiger partial charge in [-0.05, 0) is 36.2 Å². The predicted molar refractivity (Wildman–Crippen MR) is 80.5 cm³/mol. The SMILES string of the molecule is O=C(CCc1ccncc1)NCc1nc2ccccc2[nH]1. The molecule has 5 heteroatoms. The van der Waals surface area contributed by atoms with Gasteiger partial charge in [0, 0.05) is 18.8 Å². The lowest BCUT2D eigenvalue weighted by atomic mass is 10.1. The molecule has 0 atom stereocenters. The molecule has 0 saturated heterocycles. The highest BCUT2D eigenvalue weighted by molar-refractivity contribution is 5.77. The second-order valence-corrected chi connectivity index (χ2v) is 4.83. The van der Waals surface area contributed by atoms with Crippen LogP contribution in [0, 0.1) is 0 Å². The molecule has 0 saturated carbocycles. The molecule has 3 aromatic rings. The first kappa shape index (κ1) is 13.3. The van der Waals surface area contributed by atoms with Crippen LogP contribution < -0.4 is 5.32 Å². The summed E-state index contributed by atoms with van der Waals surface area (Å²) in [5.41, 5.74) is 3.01. The van der Waals surface area contributed by atoms with Gasteiger partial charge in [-0.2, -0.15) is 0 Å². The first-order valence-electron chi connectivity index (χ1n) is 6.90. The van der Waals surface area contributed by atoms with Gasteiger partial charge in [0.15, 0.2) is 0 Å². The summed E-state index contributed by atoms with van der Waals surface area (Å²) < 4.78 is 0. The molecule has 1 aromatic carbocycles. The van der Waals surface area contributed by atoms with E-state index in [2.05, 4.69) is 20.3 Å². The first-order valence-corrected chi connectivity index (χ1v) is 6.90. The summed E-state index contributed by atoms with van der Waals surface area (Å²) in [7, 11) is 0. The minimum atomic E-state index is 0.0206. The summed E-state index contributed by atoms with van der Waals surface area (Å²) in [6, 6.07) is 11.7. The minimum absolute atomic E-state index is 0.0206. The zero-order valence-electron chi connectivity index (χ0n) is 11.5. The molecule has 5 nitrogen and oxygen atoms in total.